The van der Waals surface area contributed by atoms with Gasteiger partial charge >= 0.3 is 5.97 Å². The Morgan fingerprint density at radius 2 is 1.07 bits per heavy atom. The van der Waals surface area contributed by atoms with Crippen molar-refractivity contribution < 1.29 is 13.9 Å². The van der Waals surface area contributed by atoms with Crippen molar-refractivity contribution in [2.75, 3.05) is 6.61 Å². The van der Waals surface area contributed by atoms with Crippen LogP contribution in [-0.2, 0) is 9.53 Å². The smallest absolute Gasteiger partial charge is 0.336 e. The topological polar surface area (TPSA) is 26.3 Å². The second-order valence-electron chi connectivity index (χ2n) is 7.87. The van der Waals surface area contributed by atoms with Crippen LogP contribution in [0.25, 0.3) is 0 Å². The van der Waals surface area contributed by atoms with Crippen molar-refractivity contribution in [3.8, 4) is 0 Å². The first-order chi connectivity index (χ1) is 13.1. The van der Waals surface area contributed by atoms with E-state index in [1.807, 2.05) is 0 Å². The molecule has 0 fully saturated rings. The summed E-state index contributed by atoms with van der Waals surface area (Å²) in [6.45, 7) is 6.39. The Kier molecular flexibility index (Phi) is 19.3. The van der Waals surface area contributed by atoms with Crippen molar-refractivity contribution in [3.63, 3.8) is 0 Å². The second kappa shape index (κ2) is 19.9. The van der Waals surface area contributed by atoms with E-state index in [9.17, 15) is 9.18 Å². The zero-order valence-corrected chi connectivity index (χ0v) is 18.4. The fraction of sp³-hybridized carbons (Fsp3) is 0.875. The van der Waals surface area contributed by atoms with Gasteiger partial charge in [-0.2, -0.15) is 0 Å². The maximum absolute atomic E-state index is 14.0. The quantitative estimate of drug-likeness (QED) is 0.127. The molecular weight excluding hydrogens is 339 g/mol. The van der Waals surface area contributed by atoms with Crippen molar-refractivity contribution in [3.05, 3.63) is 11.4 Å². The molecule has 0 saturated heterocycles. The lowest BCUT2D eigenvalue weighted by Gasteiger charge is -2.07. The highest BCUT2D eigenvalue weighted by Crippen LogP contribution is 2.17. The van der Waals surface area contributed by atoms with Gasteiger partial charge in [0.05, 0.1) is 12.2 Å². The maximum Gasteiger partial charge on any atom is 0.336 e. The Morgan fingerprint density at radius 1 is 0.667 bits per heavy atom. The van der Waals surface area contributed by atoms with Gasteiger partial charge in [-0.15, -0.1) is 0 Å². The van der Waals surface area contributed by atoms with Crippen LogP contribution in [0, 0.1) is 0 Å². The van der Waals surface area contributed by atoms with E-state index in [-0.39, 0.29) is 11.4 Å². The molecule has 0 unspecified atom stereocenters. The van der Waals surface area contributed by atoms with Crippen LogP contribution < -0.4 is 0 Å². The lowest BCUT2D eigenvalue weighted by atomic mass is 10.1. The Hall–Kier alpha value is -0.860. The van der Waals surface area contributed by atoms with E-state index in [1.54, 1.807) is 6.92 Å². The molecule has 0 atom stereocenters. The minimum atomic E-state index is -0.477. The Balaban J connectivity index is 3.61. The molecule has 0 saturated carbocycles. The minimum absolute atomic E-state index is 0.163. The fourth-order valence-electron chi connectivity index (χ4n) is 3.22. The van der Waals surface area contributed by atoms with E-state index >= 15 is 0 Å². The summed E-state index contributed by atoms with van der Waals surface area (Å²) in [7, 11) is 0. The number of carbonyl (C=O) groups excluding carboxylic acids is 1. The van der Waals surface area contributed by atoms with Crippen LogP contribution in [0.15, 0.2) is 11.4 Å². The van der Waals surface area contributed by atoms with Crippen molar-refractivity contribution in [1.29, 1.82) is 0 Å². The molecule has 0 heterocycles. The maximum atomic E-state index is 14.0. The number of hydrogen-bond donors (Lipinski definition) is 0. The van der Waals surface area contributed by atoms with E-state index in [0.29, 0.717) is 13.0 Å². The lowest BCUT2D eigenvalue weighted by Crippen LogP contribution is -2.08. The van der Waals surface area contributed by atoms with E-state index in [1.165, 1.54) is 70.6 Å². The predicted molar refractivity (Wildman–Crippen MR) is 115 cm³/mol. The number of allylic oxidation sites excluding steroid dienone is 1. The highest BCUT2D eigenvalue weighted by Gasteiger charge is 2.12. The Labute approximate surface area is 168 Å². The van der Waals surface area contributed by atoms with E-state index in [0.717, 1.165) is 32.1 Å². The molecule has 0 aliphatic rings. The molecule has 27 heavy (non-hydrogen) atoms. The zero-order valence-electron chi connectivity index (χ0n) is 18.4. The van der Waals surface area contributed by atoms with Crippen LogP contribution in [0.1, 0.15) is 130 Å². The van der Waals surface area contributed by atoms with Gasteiger partial charge < -0.3 is 4.74 Å². The molecule has 0 spiro atoms. The van der Waals surface area contributed by atoms with E-state index in [4.69, 9.17) is 4.74 Å². The van der Waals surface area contributed by atoms with Gasteiger partial charge in [0, 0.05) is 0 Å². The minimum Gasteiger partial charge on any atom is -0.462 e. The van der Waals surface area contributed by atoms with Crippen molar-refractivity contribution >= 4 is 5.97 Å². The number of unbranched alkanes of at least 4 members (excludes halogenated alkanes) is 14. The van der Waals surface area contributed by atoms with E-state index in [2.05, 4.69) is 13.8 Å². The largest absolute Gasteiger partial charge is 0.462 e. The van der Waals surface area contributed by atoms with Crippen LogP contribution in [0.4, 0.5) is 4.39 Å². The van der Waals surface area contributed by atoms with Crippen molar-refractivity contribution in [2.45, 2.75) is 130 Å². The molecule has 0 bridgehead atoms. The summed E-state index contributed by atoms with van der Waals surface area (Å²) in [5, 5.41) is 0. The number of halogens is 1. The third-order valence-corrected chi connectivity index (χ3v) is 5.19. The fourth-order valence-corrected chi connectivity index (χ4v) is 3.22. The number of rotatable bonds is 19. The molecule has 160 valence electrons. The molecular formula is C24H45FO2. The third kappa shape index (κ3) is 17.0. The van der Waals surface area contributed by atoms with Gasteiger partial charge in [-0.3, -0.25) is 0 Å². The number of esters is 1. The van der Waals surface area contributed by atoms with Gasteiger partial charge in [0.25, 0.3) is 0 Å². The summed E-state index contributed by atoms with van der Waals surface area (Å²) < 4.78 is 19.2. The second-order valence-corrected chi connectivity index (χ2v) is 7.87. The standard InChI is InChI=1S/C24H45FO2/c1-4-6-8-10-12-13-14-15-17-19-21-27-24(26)22(3)23(25)20-18-16-11-9-7-5-2/h4-21H2,1-3H3. The molecule has 0 aromatic carbocycles. The van der Waals surface area contributed by atoms with Crippen LogP contribution >= 0.6 is 0 Å². The Bertz CT molecular complexity index is 377. The van der Waals surface area contributed by atoms with Gasteiger partial charge in [-0.1, -0.05) is 104 Å². The Morgan fingerprint density at radius 3 is 1.56 bits per heavy atom. The molecule has 0 N–H and O–H groups in total. The van der Waals surface area contributed by atoms with Crippen LogP contribution in [0.5, 0.6) is 0 Å². The summed E-state index contributed by atoms with van der Waals surface area (Å²) in [6, 6.07) is 0. The molecule has 0 aliphatic carbocycles. The lowest BCUT2D eigenvalue weighted by molar-refractivity contribution is -0.139. The molecule has 0 amide bonds. The first-order valence-corrected chi connectivity index (χ1v) is 11.7. The summed E-state index contributed by atoms with van der Waals surface area (Å²) in [5.41, 5.74) is 0.163. The first-order valence-electron chi connectivity index (χ1n) is 11.7. The third-order valence-electron chi connectivity index (χ3n) is 5.19. The number of hydrogen-bond acceptors (Lipinski definition) is 2. The summed E-state index contributed by atoms with van der Waals surface area (Å²) in [6.07, 6.45) is 19.6. The molecule has 0 aromatic rings. The summed E-state index contributed by atoms with van der Waals surface area (Å²) >= 11 is 0. The van der Waals surface area contributed by atoms with Crippen molar-refractivity contribution in [2.24, 2.45) is 0 Å². The molecule has 0 aromatic heterocycles. The van der Waals surface area contributed by atoms with Gasteiger partial charge in [-0.05, 0) is 26.2 Å². The SMILES string of the molecule is CCCCCCCCCCCCOC(=O)C(C)=C(F)CCCCCCCC. The summed E-state index contributed by atoms with van der Waals surface area (Å²) in [4.78, 5) is 11.9. The molecule has 0 rings (SSSR count). The van der Waals surface area contributed by atoms with Crippen LogP contribution in [-0.4, -0.2) is 12.6 Å². The molecule has 2 nitrogen and oxygen atoms in total. The van der Waals surface area contributed by atoms with Gasteiger partial charge in [0.2, 0.25) is 0 Å². The van der Waals surface area contributed by atoms with Gasteiger partial charge in [0.1, 0.15) is 5.83 Å². The molecule has 3 heteroatoms. The zero-order chi connectivity index (χ0) is 20.2. The van der Waals surface area contributed by atoms with Crippen LogP contribution in [0.3, 0.4) is 0 Å². The average Bonchev–Trinajstić information content (AvgIpc) is 2.67. The first kappa shape index (κ1) is 26.1. The summed E-state index contributed by atoms with van der Waals surface area (Å²) in [5.74, 6) is -0.770. The predicted octanol–water partition coefficient (Wildman–Crippen LogP) is 8.44. The van der Waals surface area contributed by atoms with Gasteiger partial charge in [0.15, 0.2) is 0 Å². The normalized spacial score (nSPS) is 12.1. The monoisotopic (exact) mass is 384 g/mol. The number of carbonyl (C=O) groups is 1. The van der Waals surface area contributed by atoms with Crippen molar-refractivity contribution in [1.82, 2.24) is 0 Å². The van der Waals surface area contributed by atoms with E-state index < -0.39 is 5.97 Å². The highest BCUT2D eigenvalue weighted by molar-refractivity contribution is 5.88. The van der Waals surface area contributed by atoms with Gasteiger partial charge in [-0.25, -0.2) is 9.18 Å². The number of ether oxygens (including phenoxy) is 1. The highest BCUT2D eigenvalue weighted by atomic mass is 19.1. The van der Waals surface area contributed by atoms with Crippen LogP contribution in [0.2, 0.25) is 0 Å². The molecule has 0 radical (unpaired) electrons. The average molecular weight is 385 g/mol. The molecule has 0 aliphatic heterocycles.